The van der Waals surface area contributed by atoms with Crippen molar-refractivity contribution < 1.29 is 80.2 Å². The lowest BCUT2D eigenvalue weighted by Gasteiger charge is -2.21. The molecular weight excluding hydrogens is 1400 g/mol. The van der Waals surface area contributed by atoms with E-state index in [0.717, 1.165) is 141 Å². The van der Waals surface area contributed by atoms with Crippen LogP contribution in [0.1, 0.15) is 297 Å². The van der Waals surface area contributed by atoms with Crippen LogP contribution in [0.5, 0.6) is 0 Å². The topological polar surface area (TPSA) is 237 Å². The molecule has 5 atom stereocenters. The Morgan fingerprint density at radius 1 is 0.269 bits per heavy atom. The van der Waals surface area contributed by atoms with E-state index in [9.17, 15) is 43.2 Å². The summed E-state index contributed by atoms with van der Waals surface area (Å²) < 4.78 is 68.5. The van der Waals surface area contributed by atoms with Gasteiger partial charge in [-0.15, -0.1) is 0 Å². The first-order chi connectivity index (χ1) is 52.7. The highest BCUT2D eigenvalue weighted by Gasteiger charge is 2.30. The molecule has 0 rings (SSSR count). The SMILES string of the molecule is CC/C=C\C/C=C\C/C=C\C/C=C\C/C=C\CCCCCC(=O)OC[C@H](COP(=O)(O)OC[C@@H](O)COP(=O)(O)OC[C@@H](COC(=O)CC/C=C\C/C=C\C/C=C\C/C=C\C/C=C\CCCCC)OC(=O)CCC/C=C\C/C=C\C/C=C\C/C=C\CCCCC)OC(=O)CCCCCCC/C=C\CCCCCC. The third-order valence-electron chi connectivity index (χ3n) is 16.3. The minimum Gasteiger partial charge on any atom is -0.462 e. The molecule has 612 valence electrons. The minimum absolute atomic E-state index is 0.00369. The van der Waals surface area contributed by atoms with Gasteiger partial charge in [-0.05, 0) is 173 Å². The highest BCUT2D eigenvalue weighted by atomic mass is 31.2. The maximum Gasteiger partial charge on any atom is 0.472 e. The number of esters is 4. The van der Waals surface area contributed by atoms with Gasteiger partial charge < -0.3 is 33.8 Å². The van der Waals surface area contributed by atoms with Crippen molar-refractivity contribution in [2.45, 2.75) is 316 Å². The Hall–Kier alpha value is -5.84. The number of unbranched alkanes of at least 4 members (excludes halogenated alkanes) is 19. The molecule has 0 aromatic carbocycles. The first-order valence-electron chi connectivity index (χ1n) is 41.0. The van der Waals surface area contributed by atoms with Crippen molar-refractivity contribution in [2.75, 3.05) is 39.6 Å². The molecule has 0 aromatic heterocycles. The molecule has 0 radical (unpaired) electrons. The van der Waals surface area contributed by atoms with Crippen molar-refractivity contribution >= 4 is 39.5 Å². The van der Waals surface area contributed by atoms with Crippen LogP contribution in [0.2, 0.25) is 0 Å². The molecular formula is C89H144O17P2. The second-order valence-corrected chi connectivity index (χ2v) is 29.5. The molecule has 0 aliphatic heterocycles. The third-order valence-corrected chi connectivity index (χ3v) is 18.2. The normalized spacial score (nSPS) is 14.8. The molecule has 0 saturated carbocycles. The molecule has 3 N–H and O–H groups in total. The predicted molar refractivity (Wildman–Crippen MR) is 445 cm³/mol. The third kappa shape index (κ3) is 78.3. The molecule has 108 heavy (non-hydrogen) atoms. The van der Waals surface area contributed by atoms with Crippen LogP contribution in [-0.4, -0.2) is 96.7 Å². The molecule has 0 fully saturated rings. The van der Waals surface area contributed by atoms with Crippen LogP contribution in [-0.2, 0) is 65.4 Å². The van der Waals surface area contributed by atoms with Crippen molar-refractivity contribution in [3.05, 3.63) is 182 Å². The van der Waals surface area contributed by atoms with Crippen LogP contribution >= 0.6 is 15.6 Å². The second kappa shape index (κ2) is 79.3. The van der Waals surface area contributed by atoms with Crippen LogP contribution in [0.25, 0.3) is 0 Å². The van der Waals surface area contributed by atoms with Gasteiger partial charge in [-0.25, -0.2) is 9.13 Å². The average molecular weight is 1550 g/mol. The van der Waals surface area contributed by atoms with E-state index < -0.39 is 97.5 Å². The van der Waals surface area contributed by atoms with Gasteiger partial charge in [0, 0.05) is 25.7 Å². The summed E-state index contributed by atoms with van der Waals surface area (Å²) in [5, 5.41) is 10.6. The molecule has 0 spiro atoms. The zero-order valence-corrected chi connectivity index (χ0v) is 68.7. The standard InChI is InChI=1S/C89H144O17P2/c1-5-9-13-17-21-25-29-33-36-39-41-44-46-50-53-57-61-65-69-73-86(91)99-79-84(105-88(93)75-71-67-63-59-55-49-32-28-24-20-16-12-8-4)81-103-107(95,96)101-77-83(90)78-102-108(97,98)104-82-85(106-89(94)76-72-68-64-60-56-52-48-43-38-35-31-27-23-19-15-11-7-3)80-100-87(92)74-70-66-62-58-54-51-47-45-42-40-37-34-30-26-22-18-14-10-6-2/h9,13,21-23,25-28,32-38,41-42,44-45,48,50-54,60,62,64,66,83-85,90H,5-8,10-12,14-20,24,29-31,39-40,43,46-47,49,55-59,61,63,65,67-82H2,1-4H3,(H,95,96)(H,97,98)/b13-9-,25-21-,26-22-,27-23-,32-28-,36-33-,37-34-,38-35-,44-41-,45-42-,52-48-,53-50-,54-51-,64-60-,66-62-/t83-,84-,85-/m1/s1. The summed E-state index contributed by atoms with van der Waals surface area (Å²) in [7, 11) is -10.0. The van der Waals surface area contributed by atoms with Crippen molar-refractivity contribution in [1.29, 1.82) is 0 Å². The van der Waals surface area contributed by atoms with Crippen molar-refractivity contribution in [1.82, 2.24) is 0 Å². The first-order valence-corrected chi connectivity index (χ1v) is 44.0. The molecule has 0 aliphatic carbocycles. The zero-order valence-electron chi connectivity index (χ0n) is 66.9. The number of allylic oxidation sites excluding steroid dienone is 30. The van der Waals surface area contributed by atoms with E-state index in [1.165, 1.54) is 64.2 Å². The highest BCUT2D eigenvalue weighted by Crippen LogP contribution is 2.45. The number of aliphatic hydroxyl groups excluding tert-OH is 1. The molecule has 0 saturated heterocycles. The lowest BCUT2D eigenvalue weighted by atomic mass is 10.1. The molecule has 0 amide bonds. The number of rotatable bonds is 75. The summed E-state index contributed by atoms with van der Waals surface area (Å²) in [5.74, 6) is -2.40. The molecule has 0 bridgehead atoms. The van der Waals surface area contributed by atoms with Gasteiger partial charge in [0.05, 0.1) is 26.4 Å². The van der Waals surface area contributed by atoms with Crippen molar-refractivity contribution in [2.24, 2.45) is 0 Å². The maximum atomic E-state index is 13.1. The van der Waals surface area contributed by atoms with Crippen LogP contribution in [0, 0.1) is 0 Å². The highest BCUT2D eigenvalue weighted by molar-refractivity contribution is 7.47. The summed E-state index contributed by atoms with van der Waals surface area (Å²) >= 11 is 0. The van der Waals surface area contributed by atoms with Gasteiger partial charge in [0.25, 0.3) is 0 Å². The fourth-order valence-electron chi connectivity index (χ4n) is 10.1. The fourth-order valence-corrected chi connectivity index (χ4v) is 11.7. The Balaban J connectivity index is 5.52. The smallest absolute Gasteiger partial charge is 0.462 e. The Kier molecular flexibility index (Phi) is 75.0. The Labute approximate surface area is 654 Å². The zero-order chi connectivity index (χ0) is 78.9. The molecule has 0 aliphatic rings. The van der Waals surface area contributed by atoms with Crippen LogP contribution < -0.4 is 0 Å². The van der Waals surface area contributed by atoms with E-state index in [0.29, 0.717) is 38.5 Å². The number of ether oxygens (including phenoxy) is 4. The number of phosphoric ester groups is 2. The lowest BCUT2D eigenvalue weighted by molar-refractivity contribution is -0.161. The summed E-state index contributed by atoms with van der Waals surface area (Å²) in [6, 6.07) is 0. The summed E-state index contributed by atoms with van der Waals surface area (Å²) in [5.41, 5.74) is 0. The van der Waals surface area contributed by atoms with Gasteiger partial charge in [0.2, 0.25) is 0 Å². The molecule has 2 unspecified atom stereocenters. The summed E-state index contributed by atoms with van der Waals surface area (Å²) in [4.78, 5) is 73.0. The van der Waals surface area contributed by atoms with Crippen molar-refractivity contribution in [3.63, 3.8) is 0 Å². The van der Waals surface area contributed by atoms with E-state index in [-0.39, 0.29) is 25.7 Å². The van der Waals surface area contributed by atoms with Gasteiger partial charge in [0.15, 0.2) is 12.2 Å². The van der Waals surface area contributed by atoms with E-state index in [1.807, 2.05) is 30.4 Å². The molecule has 0 aromatic rings. The molecule has 19 heteroatoms. The molecule has 0 heterocycles. The number of phosphoric acid groups is 2. The van der Waals surface area contributed by atoms with Crippen molar-refractivity contribution in [3.8, 4) is 0 Å². The number of carbonyl (C=O) groups is 4. The van der Waals surface area contributed by atoms with Gasteiger partial charge in [-0.2, -0.15) is 0 Å². The van der Waals surface area contributed by atoms with Gasteiger partial charge >= 0.3 is 39.5 Å². The lowest BCUT2D eigenvalue weighted by Crippen LogP contribution is -2.30. The number of aliphatic hydroxyl groups is 1. The quantitative estimate of drug-likeness (QED) is 0.0169. The predicted octanol–water partition coefficient (Wildman–Crippen LogP) is 24.3. The van der Waals surface area contributed by atoms with E-state index in [1.54, 1.807) is 0 Å². The van der Waals surface area contributed by atoms with Crippen LogP contribution in [0.15, 0.2) is 182 Å². The summed E-state index contributed by atoms with van der Waals surface area (Å²) in [6.07, 6.45) is 96.0. The largest absolute Gasteiger partial charge is 0.472 e. The van der Waals surface area contributed by atoms with Gasteiger partial charge in [-0.3, -0.25) is 37.3 Å². The Bertz CT molecular complexity index is 2760. The average Bonchev–Trinajstić information content (AvgIpc) is 0.916. The monoisotopic (exact) mass is 1550 g/mol. The minimum atomic E-state index is -5.02. The maximum absolute atomic E-state index is 13.1. The van der Waals surface area contributed by atoms with E-state index in [4.69, 9.17) is 37.0 Å². The summed E-state index contributed by atoms with van der Waals surface area (Å²) in [6.45, 7) is 4.48. The Morgan fingerprint density at radius 2 is 0.509 bits per heavy atom. The first kappa shape index (κ1) is 102. The number of carbonyl (C=O) groups excluding carboxylic acids is 4. The van der Waals surface area contributed by atoms with Gasteiger partial charge in [-0.1, -0.05) is 281 Å². The Morgan fingerprint density at radius 3 is 0.870 bits per heavy atom. The van der Waals surface area contributed by atoms with E-state index in [2.05, 4.69) is 180 Å². The number of hydrogen-bond acceptors (Lipinski definition) is 15. The van der Waals surface area contributed by atoms with Crippen LogP contribution in [0.3, 0.4) is 0 Å². The second-order valence-electron chi connectivity index (χ2n) is 26.6. The van der Waals surface area contributed by atoms with Gasteiger partial charge in [0.1, 0.15) is 19.3 Å². The van der Waals surface area contributed by atoms with Crippen LogP contribution in [0.4, 0.5) is 0 Å². The number of hydrogen-bond donors (Lipinski definition) is 3. The molecule has 17 nitrogen and oxygen atoms in total. The van der Waals surface area contributed by atoms with E-state index >= 15 is 0 Å². The fraction of sp³-hybridized carbons (Fsp3) is 0.618.